The number of nitrogen functional groups attached to an aromatic ring is 1. The number of aromatic amines is 1. The number of pyridine rings is 1. The summed E-state index contributed by atoms with van der Waals surface area (Å²) in [5.74, 6) is -0.678. The highest BCUT2D eigenvalue weighted by Gasteiger charge is 2.22. The average Bonchev–Trinajstić information content (AvgIpc) is 3.34. The average molecular weight is 485 g/mol. The molecule has 0 aromatic carbocycles. The molecule has 1 aliphatic carbocycles. The van der Waals surface area contributed by atoms with Gasteiger partial charge in [-0.1, -0.05) is 26.0 Å². The van der Waals surface area contributed by atoms with E-state index in [4.69, 9.17) is 5.73 Å². The van der Waals surface area contributed by atoms with E-state index in [2.05, 4.69) is 69.7 Å². The van der Waals surface area contributed by atoms with E-state index < -0.39 is 11.8 Å². The first-order chi connectivity index (χ1) is 16.6. The Labute approximate surface area is 208 Å². The van der Waals surface area contributed by atoms with Gasteiger partial charge in [0.2, 0.25) is 0 Å². The van der Waals surface area contributed by atoms with E-state index in [1.807, 2.05) is 20.8 Å². The van der Waals surface area contributed by atoms with Gasteiger partial charge in [0.05, 0.1) is 29.0 Å². The fourth-order valence-electron chi connectivity index (χ4n) is 3.57. The Kier molecular flexibility index (Phi) is 10.7. The molecule has 0 fully saturated rings. The summed E-state index contributed by atoms with van der Waals surface area (Å²) in [4.78, 5) is 34.4. The van der Waals surface area contributed by atoms with Crippen LogP contribution in [0, 0.1) is 5.92 Å². The topological polar surface area (TPSA) is 123 Å². The van der Waals surface area contributed by atoms with Crippen molar-refractivity contribution in [1.82, 2.24) is 29.9 Å². The Morgan fingerprint density at radius 2 is 1.94 bits per heavy atom. The van der Waals surface area contributed by atoms with Crippen LogP contribution in [-0.4, -0.2) is 89.0 Å². The van der Waals surface area contributed by atoms with Gasteiger partial charge >= 0.3 is 11.8 Å². The molecule has 35 heavy (non-hydrogen) atoms. The highest BCUT2D eigenvalue weighted by Crippen LogP contribution is 2.23. The Balaban J connectivity index is 0.000000283. The third-order valence-corrected chi connectivity index (χ3v) is 5.58. The highest BCUT2D eigenvalue weighted by atomic mass is 16.2. The van der Waals surface area contributed by atoms with Crippen molar-refractivity contribution in [2.24, 2.45) is 5.92 Å². The van der Waals surface area contributed by atoms with Crippen LogP contribution in [0.1, 0.15) is 33.6 Å². The summed E-state index contributed by atoms with van der Waals surface area (Å²) >= 11 is 0. The van der Waals surface area contributed by atoms with E-state index >= 15 is 0 Å². The van der Waals surface area contributed by atoms with Gasteiger partial charge in [-0.3, -0.25) is 14.7 Å². The van der Waals surface area contributed by atoms with Gasteiger partial charge in [0.25, 0.3) is 0 Å². The van der Waals surface area contributed by atoms with Gasteiger partial charge < -0.3 is 25.8 Å². The first-order valence-corrected chi connectivity index (χ1v) is 12.0. The molecular weight excluding hydrogens is 444 g/mol. The van der Waals surface area contributed by atoms with Gasteiger partial charge in [0.15, 0.2) is 0 Å². The molecule has 0 saturated carbocycles. The molecule has 192 valence electrons. The van der Waals surface area contributed by atoms with Gasteiger partial charge in [-0.05, 0) is 45.9 Å². The molecule has 10 heteroatoms. The number of fused-ring (bicyclic) bond motifs is 1. The maximum absolute atomic E-state index is 12.2. The van der Waals surface area contributed by atoms with Crippen molar-refractivity contribution in [3.05, 3.63) is 36.3 Å². The summed E-state index contributed by atoms with van der Waals surface area (Å²) in [6.07, 6.45) is 11.9. The lowest BCUT2D eigenvalue weighted by molar-refractivity contribution is -0.143. The molecule has 0 aliphatic heterocycles. The van der Waals surface area contributed by atoms with E-state index in [1.54, 1.807) is 0 Å². The molecule has 4 N–H and O–H groups in total. The number of amides is 2. The predicted molar refractivity (Wildman–Crippen MR) is 142 cm³/mol. The second-order valence-corrected chi connectivity index (χ2v) is 9.26. The van der Waals surface area contributed by atoms with Crippen LogP contribution in [0.5, 0.6) is 0 Å². The molecule has 0 unspecified atom stereocenters. The number of nitrogens with zero attached hydrogens (tertiary/aromatic N) is 5. The molecule has 0 atom stereocenters. The standard InChI is InChI=1S/C14H20N6O2.C11H20N2/c1-4-20(7-8(2)3)14(22)13(21)18-10-6-16-12(15)9-5-17-19-11(9)10;1-12(2)9-10-13(3)11-7-5-4-6-8-11/h5-6,8H,4,7H2,1-3H3,(H2,15,16)(H,17,19)(H,18,21);4-5,7H,6,8-10H2,1-3H3. The lowest BCUT2D eigenvalue weighted by atomic mass is 10.1. The second kappa shape index (κ2) is 13.5. The van der Waals surface area contributed by atoms with Crippen LogP contribution in [-0.2, 0) is 9.59 Å². The Morgan fingerprint density at radius 1 is 1.20 bits per heavy atom. The highest BCUT2D eigenvalue weighted by molar-refractivity contribution is 6.40. The smallest absolute Gasteiger partial charge is 0.314 e. The number of carbonyl (C=O) groups excluding carboxylic acids is 2. The SMILES string of the molecule is CCN(CC(C)C)C(=O)C(=O)Nc1cnc(N)c2cn[nH]c12.CN(C)CCN(C)C1=CC=CCC1. The lowest BCUT2D eigenvalue weighted by Crippen LogP contribution is -2.41. The fourth-order valence-corrected chi connectivity index (χ4v) is 3.57. The van der Waals surface area contributed by atoms with Crippen molar-refractivity contribution < 1.29 is 9.59 Å². The van der Waals surface area contributed by atoms with Crippen LogP contribution in [0.15, 0.2) is 36.3 Å². The number of hydrogen-bond donors (Lipinski definition) is 3. The predicted octanol–water partition coefficient (Wildman–Crippen LogP) is 2.70. The van der Waals surface area contributed by atoms with Crippen molar-refractivity contribution in [3.63, 3.8) is 0 Å². The summed E-state index contributed by atoms with van der Waals surface area (Å²) in [6.45, 7) is 9.07. The van der Waals surface area contributed by atoms with Crippen LogP contribution in [0.25, 0.3) is 10.9 Å². The quantitative estimate of drug-likeness (QED) is 0.492. The molecule has 2 amide bonds. The zero-order valence-corrected chi connectivity index (χ0v) is 21.8. The van der Waals surface area contributed by atoms with Crippen LogP contribution >= 0.6 is 0 Å². The Bertz CT molecular complexity index is 1040. The van der Waals surface area contributed by atoms with E-state index in [0.29, 0.717) is 35.5 Å². The first-order valence-electron chi connectivity index (χ1n) is 12.0. The maximum Gasteiger partial charge on any atom is 0.314 e. The summed E-state index contributed by atoms with van der Waals surface area (Å²) in [5.41, 5.74) is 8.11. The number of nitrogens with two attached hydrogens (primary N) is 1. The van der Waals surface area contributed by atoms with Gasteiger partial charge in [0, 0.05) is 38.9 Å². The Morgan fingerprint density at radius 3 is 2.54 bits per heavy atom. The second-order valence-electron chi connectivity index (χ2n) is 9.26. The van der Waals surface area contributed by atoms with Crippen molar-refractivity contribution in [2.75, 3.05) is 58.4 Å². The summed E-state index contributed by atoms with van der Waals surface area (Å²) in [5, 5.41) is 9.78. The minimum absolute atomic E-state index is 0.286. The first kappa shape index (κ1) is 27.8. The monoisotopic (exact) mass is 484 g/mol. The molecular formula is C25H40N8O2. The van der Waals surface area contributed by atoms with Gasteiger partial charge in [-0.25, -0.2) is 4.98 Å². The minimum atomic E-state index is -0.704. The molecule has 3 rings (SSSR count). The van der Waals surface area contributed by atoms with Crippen molar-refractivity contribution in [2.45, 2.75) is 33.6 Å². The van der Waals surface area contributed by atoms with Gasteiger partial charge in [0.1, 0.15) is 5.82 Å². The van der Waals surface area contributed by atoms with Crippen LogP contribution in [0.3, 0.4) is 0 Å². The van der Waals surface area contributed by atoms with Crippen LogP contribution in [0.2, 0.25) is 0 Å². The number of aromatic nitrogens is 3. The minimum Gasteiger partial charge on any atom is -0.383 e. The van der Waals surface area contributed by atoms with Crippen molar-refractivity contribution in [1.29, 1.82) is 0 Å². The van der Waals surface area contributed by atoms with Crippen molar-refractivity contribution >= 4 is 34.2 Å². The fraction of sp³-hybridized carbons (Fsp3) is 0.520. The third-order valence-electron chi connectivity index (χ3n) is 5.58. The van der Waals surface area contributed by atoms with Crippen LogP contribution < -0.4 is 11.1 Å². The number of H-pyrrole nitrogens is 1. The molecule has 2 aromatic heterocycles. The molecule has 2 aromatic rings. The molecule has 0 spiro atoms. The molecule has 10 nitrogen and oxygen atoms in total. The lowest BCUT2D eigenvalue weighted by Gasteiger charge is -2.25. The molecule has 0 bridgehead atoms. The third kappa shape index (κ3) is 8.40. The number of hydrogen-bond acceptors (Lipinski definition) is 7. The van der Waals surface area contributed by atoms with Crippen LogP contribution in [0.4, 0.5) is 11.5 Å². The van der Waals surface area contributed by atoms with Crippen molar-refractivity contribution in [3.8, 4) is 0 Å². The maximum atomic E-state index is 12.2. The van der Waals surface area contributed by atoms with Gasteiger partial charge in [-0.2, -0.15) is 5.10 Å². The number of likely N-dealkylation sites (N-methyl/N-ethyl adjacent to an activating group) is 3. The number of anilines is 2. The molecule has 2 heterocycles. The summed E-state index contributed by atoms with van der Waals surface area (Å²) in [7, 11) is 6.40. The van der Waals surface area contributed by atoms with E-state index in [9.17, 15) is 9.59 Å². The van der Waals surface area contributed by atoms with Gasteiger partial charge in [-0.15, -0.1) is 0 Å². The molecule has 0 saturated heterocycles. The van der Waals surface area contributed by atoms with E-state index in [0.717, 1.165) is 13.1 Å². The number of rotatable bonds is 8. The van der Waals surface area contributed by atoms with E-state index in [1.165, 1.54) is 35.8 Å². The number of allylic oxidation sites excluding steroid dienone is 4. The molecule has 1 aliphatic rings. The Hall–Kier alpha value is -3.40. The normalized spacial score (nSPS) is 12.9. The number of carbonyl (C=O) groups is 2. The zero-order chi connectivity index (χ0) is 26.0. The largest absolute Gasteiger partial charge is 0.383 e. The molecule has 0 radical (unpaired) electrons. The number of nitrogens with one attached hydrogen (secondary N) is 2. The zero-order valence-electron chi connectivity index (χ0n) is 21.8. The summed E-state index contributed by atoms with van der Waals surface area (Å²) in [6, 6.07) is 0. The summed E-state index contributed by atoms with van der Waals surface area (Å²) < 4.78 is 0. The van der Waals surface area contributed by atoms with E-state index in [-0.39, 0.29) is 5.92 Å².